The Hall–Kier alpha value is -3.24. The molecule has 0 saturated heterocycles. The summed E-state index contributed by atoms with van der Waals surface area (Å²) >= 11 is 1.51. The molecule has 0 spiro atoms. The van der Waals surface area contributed by atoms with Gasteiger partial charge in [0.1, 0.15) is 0 Å². The van der Waals surface area contributed by atoms with Crippen molar-refractivity contribution < 1.29 is 4.79 Å². The van der Waals surface area contributed by atoms with Gasteiger partial charge in [-0.2, -0.15) is 0 Å². The van der Waals surface area contributed by atoms with Crippen LogP contribution in [0.1, 0.15) is 38.2 Å². The Morgan fingerprint density at radius 2 is 1.42 bits per heavy atom. The number of benzene rings is 3. The molecule has 0 bridgehead atoms. The van der Waals surface area contributed by atoms with Gasteiger partial charge < -0.3 is 0 Å². The van der Waals surface area contributed by atoms with Crippen LogP contribution in [-0.4, -0.2) is 10.9 Å². The molecule has 0 saturated carbocycles. The van der Waals surface area contributed by atoms with Crippen LogP contribution in [-0.2, 0) is 0 Å². The van der Waals surface area contributed by atoms with Gasteiger partial charge in [-0.15, -0.1) is 0 Å². The lowest BCUT2D eigenvalue weighted by Crippen LogP contribution is -2.13. The second kappa shape index (κ2) is 8.48. The Morgan fingerprint density at radius 1 is 0.742 bits per heavy atom. The van der Waals surface area contributed by atoms with Crippen molar-refractivity contribution in [2.24, 2.45) is 0 Å². The Kier molecular flexibility index (Phi) is 5.75. The van der Waals surface area contributed by atoms with Crippen molar-refractivity contribution >= 4 is 22.4 Å². The first kappa shape index (κ1) is 21.0. The number of aromatic nitrogens is 1. The van der Waals surface area contributed by atoms with Crippen LogP contribution in [0.25, 0.3) is 21.7 Å². The first-order valence-corrected chi connectivity index (χ1v) is 11.2. The maximum atomic E-state index is 12.9. The van der Waals surface area contributed by atoms with E-state index in [4.69, 9.17) is 4.98 Å². The molecule has 0 fully saturated rings. The largest absolute Gasteiger partial charge is 0.298 e. The maximum absolute atomic E-state index is 12.9. The summed E-state index contributed by atoms with van der Waals surface area (Å²) in [5.41, 5.74) is 9.51. The van der Waals surface area contributed by atoms with Crippen LogP contribution in [0.3, 0.4) is 0 Å². The van der Waals surface area contributed by atoms with Gasteiger partial charge in [0.25, 0.3) is 5.91 Å². The number of carbonyl (C=O) groups excluding carboxylic acids is 1. The highest BCUT2D eigenvalue weighted by Gasteiger charge is 2.18. The smallest absolute Gasteiger partial charge is 0.257 e. The molecule has 0 unspecified atom stereocenters. The van der Waals surface area contributed by atoms with Crippen molar-refractivity contribution in [3.63, 3.8) is 0 Å². The molecule has 1 aromatic heterocycles. The Labute approximate surface area is 187 Å². The minimum absolute atomic E-state index is 0.131. The molecule has 0 aliphatic carbocycles. The number of hydrogen-bond donors (Lipinski definition) is 1. The number of nitrogens with one attached hydrogen (secondary N) is 1. The van der Waals surface area contributed by atoms with Crippen LogP contribution in [0.4, 0.5) is 5.13 Å². The fourth-order valence-electron chi connectivity index (χ4n) is 3.59. The molecule has 0 radical (unpaired) electrons. The SMILES string of the molecule is Cc1ccc(-c2sc(NC(=O)c3ccc(C)cc3C)nc2-c2ccc(C)c(C)c2)cc1. The van der Waals surface area contributed by atoms with Crippen molar-refractivity contribution in [1.82, 2.24) is 4.98 Å². The van der Waals surface area contributed by atoms with Crippen molar-refractivity contribution in [2.45, 2.75) is 34.6 Å². The number of aryl methyl sites for hydroxylation is 5. The summed E-state index contributed by atoms with van der Waals surface area (Å²) in [5.74, 6) is -0.131. The minimum Gasteiger partial charge on any atom is -0.298 e. The zero-order valence-corrected chi connectivity index (χ0v) is 19.4. The normalized spacial score (nSPS) is 10.9. The van der Waals surface area contributed by atoms with E-state index in [1.165, 1.54) is 28.0 Å². The number of hydrogen-bond acceptors (Lipinski definition) is 3. The molecule has 0 aliphatic heterocycles. The second-order valence-corrected chi connectivity index (χ2v) is 9.13. The number of thiazole rings is 1. The van der Waals surface area contributed by atoms with Gasteiger partial charge in [0, 0.05) is 11.1 Å². The van der Waals surface area contributed by atoms with Crippen LogP contribution in [0.15, 0.2) is 60.7 Å². The number of amides is 1. The zero-order valence-electron chi connectivity index (χ0n) is 18.5. The molecule has 4 heteroatoms. The molecule has 0 atom stereocenters. The molecular formula is C27H26N2OS. The molecule has 4 rings (SSSR count). The molecule has 3 aromatic carbocycles. The van der Waals surface area contributed by atoms with E-state index in [1.807, 2.05) is 32.0 Å². The van der Waals surface area contributed by atoms with E-state index in [9.17, 15) is 4.79 Å². The third kappa shape index (κ3) is 4.44. The molecular weight excluding hydrogens is 400 g/mol. The lowest BCUT2D eigenvalue weighted by atomic mass is 10.0. The van der Waals surface area contributed by atoms with Crippen LogP contribution in [0, 0.1) is 34.6 Å². The van der Waals surface area contributed by atoms with Gasteiger partial charge in [0.05, 0.1) is 10.6 Å². The van der Waals surface area contributed by atoms with Crippen molar-refractivity contribution in [2.75, 3.05) is 5.32 Å². The number of carbonyl (C=O) groups is 1. The zero-order chi connectivity index (χ0) is 22.1. The number of anilines is 1. The lowest BCUT2D eigenvalue weighted by Gasteiger charge is -2.06. The van der Waals surface area contributed by atoms with Crippen LogP contribution in [0.2, 0.25) is 0 Å². The predicted molar refractivity (Wildman–Crippen MR) is 131 cm³/mol. The molecule has 0 aliphatic rings. The van der Waals surface area contributed by atoms with Gasteiger partial charge in [-0.25, -0.2) is 4.98 Å². The molecule has 4 aromatic rings. The monoisotopic (exact) mass is 426 g/mol. The van der Waals surface area contributed by atoms with Gasteiger partial charge >= 0.3 is 0 Å². The van der Waals surface area contributed by atoms with Gasteiger partial charge in [0.15, 0.2) is 5.13 Å². The number of nitrogens with zero attached hydrogens (tertiary/aromatic N) is 1. The van der Waals surface area contributed by atoms with Gasteiger partial charge in [-0.05, 0) is 69.0 Å². The summed E-state index contributed by atoms with van der Waals surface area (Å²) < 4.78 is 0. The summed E-state index contributed by atoms with van der Waals surface area (Å²) in [6, 6.07) is 20.7. The molecule has 1 heterocycles. The van der Waals surface area contributed by atoms with Crippen molar-refractivity contribution in [3.05, 3.63) is 94.0 Å². The second-order valence-electron chi connectivity index (χ2n) is 8.13. The Bertz CT molecular complexity index is 1270. The predicted octanol–water partition coefficient (Wildman–Crippen LogP) is 7.27. The fraction of sp³-hybridized carbons (Fsp3) is 0.185. The lowest BCUT2D eigenvalue weighted by molar-refractivity contribution is 0.102. The highest BCUT2D eigenvalue weighted by molar-refractivity contribution is 7.19. The van der Waals surface area contributed by atoms with E-state index in [1.54, 1.807) is 0 Å². The maximum Gasteiger partial charge on any atom is 0.257 e. The van der Waals surface area contributed by atoms with E-state index in [-0.39, 0.29) is 5.91 Å². The first-order chi connectivity index (χ1) is 14.8. The molecule has 156 valence electrons. The molecule has 3 nitrogen and oxygen atoms in total. The van der Waals surface area contributed by atoms with Gasteiger partial charge in [-0.3, -0.25) is 10.1 Å². The van der Waals surface area contributed by atoms with E-state index >= 15 is 0 Å². The van der Waals surface area contributed by atoms with Crippen molar-refractivity contribution in [1.29, 1.82) is 0 Å². The van der Waals surface area contributed by atoms with Gasteiger partial charge in [-0.1, -0.05) is 71.0 Å². The third-order valence-corrected chi connectivity index (χ3v) is 6.59. The van der Waals surface area contributed by atoms with E-state index in [0.29, 0.717) is 10.7 Å². The average Bonchev–Trinajstić information content (AvgIpc) is 3.14. The molecule has 1 N–H and O–H groups in total. The standard InChI is InChI=1S/C27H26N2OS/c1-16-6-10-21(11-7-16)25-24(22-12-9-18(3)19(4)15-22)28-27(31-25)29-26(30)23-13-8-17(2)14-20(23)5/h6-15H,1-5H3,(H,28,29,30). The highest BCUT2D eigenvalue weighted by Crippen LogP contribution is 2.39. The first-order valence-electron chi connectivity index (χ1n) is 10.4. The van der Waals surface area contributed by atoms with Crippen molar-refractivity contribution in [3.8, 4) is 21.7 Å². The number of rotatable bonds is 4. The van der Waals surface area contributed by atoms with E-state index < -0.39 is 0 Å². The minimum atomic E-state index is -0.131. The summed E-state index contributed by atoms with van der Waals surface area (Å²) in [6.07, 6.45) is 0. The molecule has 1 amide bonds. The molecule has 31 heavy (non-hydrogen) atoms. The third-order valence-electron chi connectivity index (χ3n) is 5.57. The Morgan fingerprint density at radius 3 is 2.10 bits per heavy atom. The van der Waals surface area contributed by atoms with E-state index in [0.717, 1.165) is 32.8 Å². The summed E-state index contributed by atoms with van der Waals surface area (Å²) in [4.78, 5) is 18.8. The highest BCUT2D eigenvalue weighted by atomic mass is 32.1. The summed E-state index contributed by atoms with van der Waals surface area (Å²) in [6.45, 7) is 10.3. The summed E-state index contributed by atoms with van der Waals surface area (Å²) in [7, 11) is 0. The van der Waals surface area contributed by atoms with Crippen LogP contribution >= 0.6 is 11.3 Å². The van der Waals surface area contributed by atoms with Gasteiger partial charge in [0.2, 0.25) is 0 Å². The van der Waals surface area contributed by atoms with Crippen LogP contribution in [0.5, 0.6) is 0 Å². The topological polar surface area (TPSA) is 42.0 Å². The van der Waals surface area contributed by atoms with Crippen LogP contribution < -0.4 is 5.32 Å². The van der Waals surface area contributed by atoms with E-state index in [2.05, 4.69) is 68.6 Å². The fourth-order valence-corrected chi connectivity index (χ4v) is 4.58. The average molecular weight is 427 g/mol. The quantitative estimate of drug-likeness (QED) is 0.373. The summed E-state index contributed by atoms with van der Waals surface area (Å²) in [5, 5.41) is 3.63. The Balaban J connectivity index is 1.76.